The molecule has 0 fully saturated rings. The van der Waals surface area contributed by atoms with Crippen molar-refractivity contribution in [1.29, 1.82) is 0 Å². The third-order valence-corrected chi connectivity index (χ3v) is 3.01. The van der Waals surface area contributed by atoms with Crippen LogP contribution in [0.1, 0.15) is 37.9 Å². The summed E-state index contributed by atoms with van der Waals surface area (Å²) in [5, 5.41) is 8.65. The summed E-state index contributed by atoms with van der Waals surface area (Å²) in [6, 6.07) is 0. The minimum absolute atomic E-state index is 0.250. The first kappa shape index (κ1) is 13.5. The lowest BCUT2D eigenvalue weighted by Gasteiger charge is -1.98. The van der Waals surface area contributed by atoms with E-state index in [0.29, 0.717) is 17.0 Å². The normalized spacial score (nSPS) is 11.2. The van der Waals surface area contributed by atoms with E-state index in [-0.39, 0.29) is 6.61 Å². The Hall–Kier alpha value is -1.89. The molecule has 2 heterocycles. The number of nitrogens with one attached hydrogen (secondary N) is 3. The van der Waals surface area contributed by atoms with E-state index in [1.165, 1.54) is 0 Å². The average Bonchev–Trinajstić information content (AvgIpc) is 2.76. The molecule has 0 atom stereocenters. The molecule has 0 amide bonds. The minimum Gasteiger partial charge on any atom is -0.396 e. The second-order valence-corrected chi connectivity index (χ2v) is 4.56. The summed E-state index contributed by atoms with van der Waals surface area (Å²) in [7, 11) is 0. The number of hydrogen-bond acceptors (Lipinski definition) is 4. The van der Waals surface area contributed by atoms with Crippen molar-refractivity contribution in [3.8, 4) is 0 Å². The van der Waals surface area contributed by atoms with Crippen LogP contribution in [0.2, 0.25) is 0 Å². The van der Waals surface area contributed by atoms with Crippen molar-refractivity contribution in [2.75, 3.05) is 6.61 Å². The molecule has 7 nitrogen and oxygen atoms in total. The largest absolute Gasteiger partial charge is 0.396 e. The number of aliphatic hydroxyl groups excluding tert-OH is 1. The van der Waals surface area contributed by atoms with E-state index in [1.807, 2.05) is 0 Å². The number of unbranched alkanes of at least 4 members (excludes halogenated alkanes) is 4. The number of aryl methyl sites for hydroxylation is 1. The number of aromatic amines is 3. The Kier molecular flexibility index (Phi) is 4.51. The lowest BCUT2D eigenvalue weighted by Crippen LogP contribution is -2.21. The second-order valence-electron chi connectivity index (χ2n) is 4.56. The highest BCUT2D eigenvalue weighted by Crippen LogP contribution is 2.08. The van der Waals surface area contributed by atoms with Crippen LogP contribution in [0.25, 0.3) is 11.2 Å². The van der Waals surface area contributed by atoms with Gasteiger partial charge in [-0.3, -0.25) is 14.8 Å². The molecule has 2 rings (SSSR count). The van der Waals surface area contributed by atoms with Crippen molar-refractivity contribution in [3.05, 3.63) is 26.7 Å². The molecule has 0 spiro atoms. The van der Waals surface area contributed by atoms with Crippen LogP contribution in [0, 0.1) is 0 Å². The Bertz CT molecular complexity index is 640. The summed E-state index contributed by atoms with van der Waals surface area (Å²) in [6.07, 6.45) is 5.73. The maximum Gasteiger partial charge on any atom is 0.327 e. The number of aromatic nitrogens is 4. The Morgan fingerprint density at radius 2 is 1.68 bits per heavy atom. The molecular formula is C12H18N4O3. The van der Waals surface area contributed by atoms with Crippen molar-refractivity contribution in [2.24, 2.45) is 0 Å². The molecule has 0 saturated heterocycles. The Morgan fingerprint density at radius 1 is 0.947 bits per heavy atom. The minimum atomic E-state index is -0.542. The molecule has 2 aromatic rings. The van der Waals surface area contributed by atoms with Gasteiger partial charge in [0.05, 0.1) is 0 Å². The van der Waals surface area contributed by atoms with Gasteiger partial charge >= 0.3 is 5.69 Å². The van der Waals surface area contributed by atoms with Gasteiger partial charge in [0.2, 0.25) is 0 Å². The third-order valence-electron chi connectivity index (χ3n) is 3.01. The van der Waals surface area contributed by atoms with Crippen molar-refractivity contribution in [1.82, 2.24) is 19.9 Å². The fraction of sp³-hybridized carbons (Fsp3) is 0.583. The molecule has 0 aliphatic heterocycles. The zero-order valence-electron chi connectivity index (χ0n) is 10.7. The van der Waals surface area contributed by atoms with Gasteiger partial charge in [-0.25, -0.2) is 9.78 Å². The fourth-order valence-electron chi connectivity index (χ4n) is 2.03. The first-order valence-electron chi connectivity index (χ1n) is 6.53. The first-order valence-corrected chi connectivity index (χ1v) is 6.53. The molecule has 7 heteroatoms. The van der Waals surface area contributed by atoms with E-state index < -0.39 is 11.2 Å². The number of nitrogens with zero attached hydrogens (tertiary/aromatic N) is 1. The van der Waals surface area contributed by atoms with Crippen LogP contribution in [-0.4, -0.2) is 31.6 Å². The summed E-state index contributed by atoms with van der Waals surface area (Å²) in [6.45, 7) is 0.250. The van der Waals surface area contributed by atoms with E-state index in [1.54, 1.807) is 0 Å². The van der Waals surface area contributed by atoms with E-state index >= 15 is 0 Å². The smallest absolute Gasteiger partial charge is 0.327 e. The third kappa shape index (κ3) is 3.54. The number of rotatable bonds is 7. The molecule has 0 radical (unpaired) electrons. The van der Waals surface area contributed by atoms with Crippen LogP contribution < -0.4 is 11.2 Å². The topological polar surface area (TPSA) is 115 Å². The van der Waals surface area contributed by atoms with Gasteiger partial charge in [-0.05, 0) is 12.8 Å². The molecule has 19 heavy (non-hydrogen) atoms. The summed E-state index contributed by atoms with van der Waals surface area (Å²) in [5.41, 5.74) is -0.362. The highest BCUT2D eigenvalue weighted by molar-refractivity contribution is 5.68. The molecule has 0 aliphatic carbocycles. The van der Waals surface area contributed by atoms with Gasteiger partial charge in [0.25, 0.3) is 5.56 Å². The van der Waals surface area contributed by atoms with E-state index in [9.17, 15) is 9.59 Å². The lowest BCUT2D eigenvalue weighted by atomic mass is 10.1. The van der Waals surface area contributed by atoms with Gasteiger partial charge in [0, 0.05) is 13.0 Å². The Morgan fingerprint density at radius 3 is 2.47 bits per heavy atom. The van der Waals surface area contributed by atoms with E-state index in [0.717, 1.165) is 38.5 Å². The number of H-pyrrole nitrogens is 3. The molecule has 0 aromatic carbocycles. The van der Waals surface area contributed by atoms with Gasteiger partial charge in [-0.15, -0.1) is 0 Å². The predicted molar refractivity (Wildman–Crippen MR) is 71.2 cm³/mol. The summed E-state index contributed by atoms with van der Waals surface area (Å²) in [5.74, 6) is 0.713. The van der Waals surface area contributed by atoms with Gasteiger partial charge in [-0.2, -0.15) is 0 Å². The number of fused-ring (bicyclic) bond motifs is 1. The summed E-state index contributed by atoms with van der Waals surface area (Å²) in [4.78, 5) is 34.3. The van der Waals surface area contributed by atoms with Gasteiger partial charge in [0.15, 0.2) is 5.65 Å². The first-order chi connectivity index (χ1) is 9.20. The maximum atomic E-state index is 11.5. The monoisotopic (exact) mass is 266 g/mol. The molecular weight excluding hydrogens is 248 g/mol. The summed E-state index contributed by atoms with van der Waals surface area (Å²) >= 11 is 0. The van der Waals surface area contributed by atoms with Crippen LogP contribution >= 0.6 is 0 Å². The van der Waals surface area contributed by atoms with Crippen molar-refractivity contribution in [3.63, 3.8) is 0 Å². The Balaban J connectivity index is 1.93. The van der Waals surface area contributed by atoms with Crippen LogP contribution in [0.4, 0.5) is 0 Å². The SMILES string of the molecule is O=c1[nH]c(=O)c2[nH]c(CCCCCCCO)nc2[nH]1. The van der Waals surface area contributed by atoms with Crippen LogP contribution in [0.3, 0.4) is 0 Å². The molecule has 0 bridgehead atoms. The molecule has 0 saturated carbocycles. The van der Waals surface area contributed by atoms with Crippen LogP contribution in [0.5, 0.6) is 0 Å². The highest BCUT2D eigenvalue weighted by atomic mass is 16.3. The van der Waals surface area contributed by atoms with Gasteiger partial charge in [0.1, 0.15) is 11.3 Å². The van der Waals surface area contributed by atoms with Crippen LogP contribution in [-0.2, 0) is 6.42 Å². The molecule has 4 N–H and O–H groups in total. The maximum absolute atomic E-state index is 11.5. The quantitative estimate of drug-likeness (QED) is 0.544. The van der Waals surface area contributed by atoms with E-state index in [4.69, 9.17) is 5.11 Å². The molecule has 2 aromatic heterocycles. The zero-order chi connectivity index (χ0) is 13.7. The highest BCUT2D eigenvalue weighted by Gasteiger charge is 2.07. The number of aliphatic hydroxyl groups is 1. The average molecular weight is 266 g/mol. The Labute approximate surface area is 109 Å². The fourth-order valence-corrected chi connectivity index (χ4v) is 2.03. The molecule has 104 valence electrons. The lowest BCUT2D eigenvalue weighted by molar-refractivity contribution is 0.282. The molecule has 0 aliphatic rings. The standard InChI is InChI=1S/C12H18N4O3/c17-7-5-3-1-2-4-6-8-13-9-10(14-8)15-12(19)16-11(9)18/h17H,1-7H2,(H3,13,14,15,16,18,19). The van der Waals surface area contributed by atoms with E-state index in [2.05, 4.69) is 19.9 Å². The summed E-state index contributed by atoms with van der Waals surface area (Å²) < 4.78 is 0. The van der Waals surface area contributed by atoms with Crippen molar-refractivity contribution < 1.29 is 5.11 Å². The predicted octanol–water partition coefficient (Wildman–Crippen LogP) is 0.425. The van der Waals surface area contributed by atoms with Crippen molar-refractivity contribution >= 4 is 11.2 Å². The zero-order valence-corrected chi connectivity index (χ0v) is 10.7. The number of imidazole rings is 1. The van der Waals surface area contributed by atoms with Crippen molar-refractivity contribution in [2.45, 2.75) is 38.5 Å². The van der Waals surface area contributed by atoms with Gasteiger partial charge < -0.3 is 10.1 Å². The van der Waals surface area contributed by atoms with Crippen LogP contribution in [0.15, 0.2) is 9.59 Å². The molecule has 0 unspecified atom stereocenters. The second kappa shape index (κ2) is 6.33. The number of hydrogen-bond donors (Lipinski definition) is 4. The van der Waals surface area contributed by atoms with Gasteiger partial charge in [-0.1, -0.05) is 19.3 Å².